The van der Waals surface area contributed by atoms with E-state index in [0.717, 1.165) is 0 Å². The van der Waals surface area contributed by atoms with Crippen molar-refractivity contribution in [2.45, 2.75) is 31.2 Å². The van der Waals surface area contributed by atoms with Gasteiger partial charge in [0.25, 0.3) is 0 Å². The Morgan fingerprint density at radius 2 is 1.37 bits per heavy atom. The minimum atomic E-state index is -0.268. The molecule has 3 aliphatic carbocycles. The first-order valence-electron chi connectivity index (χ1n) is 13.7. The Morgan fingerprint density at radius 3 is 2.08 bits per heavy atom. The first-order valence-corrected chi connectivity index (χ1v) is 13.7. The van der Waals surface area contributed by atoms with E-state index in [1.165, 1.54) is 61.5 Å². The highest BCUT2D eigenvalue weighted by molar-refractivity contribution is 5.98. The SMILES string of the molecule is C/C=C\C1=C(C)C2(c3cc4c(cc31)N(c1ccccc1)C1C=CC=CC41)c1ccccc1-c1ccccc12. The van der Waals surface area contributed by atoms with Crippen LogP contribution in [0.5, 0.6) is 0 Å². The third kappa shape index (κ3) is 2.56. The van der Waals surface area contributed by atoms with Crippen molar-refractivity contribution < 1.29 is 0 Å². The molecule has 4 aromatic carbocycles. The van der Waals surface area contributed by atoms with Gasteiger partial charge in [0.15, 0.2) is 0 Å². The van der Waals surface area contributed by atoms with Crippen molar-refractivity contribution in [1.29, 1.82) is 0 Å². The fourth-order valence-electron chi connectivity index (χ4n) is 7.72. The molecule has 1 spiro atoms. The van der Waals surface area contributed by atoms with Crippen molar-refractivity contribution in [1.82, 2.24) is 0 Å². The number of benzene rings is 4. The Morgan fingerprint density at radius 1 is 0.711 bits per heavy atom. The van der Waals surface area contributed by atoms with Crippen LogP contribution in [0.3, 0.4) is 0 Å². The van der Waals surface area contributed by atoms with Gasteiger partial charge in [-0.2, -0.15) is 0 Å². The minimum Gasteiger partial charge on any atom is -0.333 e. The second-order valence-electron chi connectivity index (χ2n) is 10.8. The molecule has 2 unspecified atom stereocenters. The molecule has 0 aromatic heterocycles. The summed E-state index contributed by atoms with van der Waals surface area (Å²) in [4.78, 5) is 2.55. The predicted octanol–water partition coefficient (Wildman–Crippen LogP) is 9.09. The molecule has 2 atom stereocenters. The summed E-state index contributed by atoms with van der Waals surface area (Å²) in [5.74, 6) is 0.329. The maximum atomic E-state index is 2.56. The predicted molar refractivity (Wildman–Crippen MR) is 159 cm³/mol. The van der Waals surface area contributed by atoms with Crippen molar-refractivity contribution >= 4 is 16.9 Å². The fraction of sp³-hybridized carbons (Fsp3) is 0.135. The second-order valence-corrected chi connectivity index (χ2v) is 10.8. The number of nitrogens with zero attached hydrogens (tertiary/aromatic N) is 1. The summed E-state index contributed by atoms with van der Waals surface area (Å²) in [6, 6.07) is 34.3. The highest BCUT2D eigenvalue weighted by atomic mass is 15.2. The Labute approximate surface area is 224 Å². The van der Waals surface area contributed by atoms with Crippen LogP contribution in [0.25, 0.3) is 16.7 Å². The van der Waals surface area contributed by atoms with E-state index in [1.807, 2.05) is 0 Å². The van der Waals surface area contributed by atoms with E-state index >= 15 is 0 Å². The smallest absolute Gasteiger partial charge is 0.0685 e. The maximum Gasteiger partial charge on any atom is 0.0685 e. The molecule has 0 bridgehead atoms. The van der Waals surface area contributed by atoms with Crippen LogP contribution in [0.15, 0.2) is 133 Å². The summed E-state index contributed by atoms with van der Waals surface area (Å²) < 4.78 is 0. The third-order valence-corrected chi connectivity index (χ3v) is 9.17. The molecular formula is C37H29N. The lowest BCUT2D eigenvalue weighted by molar-refractivity contribution is 0.738. The lowest BCUT2D eigenvalue weighted by Crippen LogP contribution is -2.28. The molecule has 38 heavy (non-hydrogen) atoms. The average Bonchev–Trinajstić information content (AvgIpc) is 3.54. The summed E-state index contributed by atoms with van der Waals surface area (Å²) in [7, 11) is 0. The van der Waals surface area contributed by atoms with Gasteiger partial charge >= 0.3 is 0 Å². The number of rotatable bonds is 2. The Hall–Kier alpha value is -4.36. The van der Waals surface area contributed by atoms with Gasteiger partial charge in [0.1, 0.15) is 0 Å². The number of anilines is 2. The molecule has 1 nitrogen and oxygen atoms in total. The zero-order valence-corrected chi connectivity index (χ0v) is 21.7. The number of para-hydroxylation sites is 1. The molecule has 182 valence electrons. The molecule has 0 amide bonds. The molecule has 8 rings (SSSR count). The van der Waals surface area contributed by atoms with Crippen LogP contribution in [0.4, 0.5) is 11.4 Å². The second kappa shape index (κ2) is 7.82. The van der Waals surface area contributed by atoms with Crippen LogP contribution < -0.4 is 4.90 Å². The normalized spacial score (nSPS) is 21.2. The lowest BCUT2D eigenvalue weighted by Gasteiger charge is -2.32. The van der Waals surface area contributed by atoms with E-state index in [9.17, 15) is 0 Å². The molecule has 1 aliphatic heterocycles. The molecule has 0 N–H and O–H groups in total. The number of fused-ring (bicyclic) bond motifs is 10. The van der Waals surface area contributed by atoms with Gasteiger partial charge in [-0.05, 0) is 82.1 Å². The average molecular weight is 488 g/mol. The first kappa shape index (κ1) is 21.7. The van der Waals surface area contributed by atoms with E-state index in [4.69, 9.17) is 0 Å². The molecule has 1 heteroatoms. The highest BCUT2D eigenvalue weighted by Crippen LogP contribution is 2.63. The summed E-state index contributed by atoms with van der Waals surface area (Å²) in [6.07, 6.45) is 13.7. The molecular weight excluding hydrogens is 458 g/mol. The van der Waals surface area contributed by atoms with Crippen molar-refractivity contribution in [3.8, 4) is 11.1 Å². The Kier molecular flexibility index (Phi) is 4.47. The van der Waals surface area contributed by atoms with Crippen molar-refractivity contribution in [3.05, 3.63) is 161 Å². The van der Waals surface area contributed by atoms with E-state index in [1.54, 1.807) is 0 Å². The zero-order valence-electron chi connectivity index (χ0n) is 21.7. The molecule has 0 radical (unpaired) electrons. The van der Waals surface area contributed by atoms with E-state index in [0.29, 0.717) is 5.92 Å². The standard InChI is InChI=1S/C37H29N/c1-3-13-26-24(2)37(32-19-10-7-16-27(32)28-17-8-11-20-33(28)37)34-22-31-29-18-9-12-21-35(29)38(36(31)23-30(26)34)25-14-5-4-6-15-25/h3-23,29,35H,1-2H3/b13-3-. The summed E-state index contributed by atoms with van der Waals surface area (Å²) in [5, 5.41) is 0. The quantitative estimate of drug-likeness (QED) is 0.272. The van der Waals surface area contributed by atoms with Gasteiger partial charge in [-0.15, -0.1) is 0 Å². The molecule has 0 saturated carbocycles. The fourth-order valence-corrected chi connectivity index (χ4v) is 7.72. The summed E-state index contributed by atoms with van der Waals surface area (Å²) in [5.41, 5.74) is 14.8. The van der Waals surface area contributed by atoms with Crippen LogP contribution in [0, 0.1) is 0 Å². The van der Waals surface area contributed by atoms with Crippen LogP contribution in [0.1, 0.15) is 47.6 Å². The molecule has 4 aliphatic rings. The van der Waals surface area contributed by atoms with Crippen LogP contribution in [-0.4, -0.2) is 6.04 Å². The van der Waals surface area contributed by atoms with E-state index in [2.05, 4.69) is 146 Å². The van der Waals surface area contributed by atoms with Gasteiger partial charge in [-0.1, -0.05) is 109 Å². The highest BCUT2D eigenvalue weighted by Gasteiger charge is 2.52. The van der Waals surface area contributed by atoms with Crippen LogP contribution >= 0.6 is 0 Å². The van der Waals surface area contributed by atoms with Crippen LogP contribution in [-0.2, 0) is 5.41 Å². The van der Waals surface area contributed by atoms with Gasteiger partial charge in [-0.3, -0.25) is 0 Å². The van der Waals surface area contributed by atoms with E-state index in [-0.39, 0.29) is 11.5 Å². The number of hydrogen-bond acceptors (Lipinski definition) is 1. The van der Waals surface area contributed by atoms with E-state index < -0.39 is 0 Å². The van der Waals surface area contributed by atoms with Crippen molar-refractivity contribution in [2.75, 3.05) is 4.90 Å². The zero-order chi connectivity index (χ0) is 25.4. The summed E-state index contributed by atoms with van der Waals surface area (Å²) in [6.45, 7) is 4.50. The van der Waals surface area contributed by atoms with Gasteiger partial charge in [-0.25, -0.2) is 0 Å². The van der Waals surface area contributed by atoms with Gasteiger partial charge < -0.3 is 4.90 Å². The monoisotopic (exact) mass is 487 g/mol. The number of allylic oxidation sites excluding steroid dienone is 6. The van der Waals surface area contributed by atoms with Gasteiger partial charge in [0, 0.05) is 17.3 Å². The lowest BCUT2D eigenvalue weighted by atomic mass is 9.69. The topological polar surface area (TPSA) is 3.24 Å². The number of hydrogen-bond donors (Lipinski definition) is 0. The maximum absolute atomic E-state index is 2.56. The molecule has 0 fully saturated rings. The Bertz CT molecular complexity index is 1700. The van der Waals surface area contributed by atoms with Crippen LogP contribution in [0.2, 0.25) is 0 Å². The Balaban J connectivity index is 1.47. The molecule has 1 heterocycles. The largest absolute Gasteiger partial charge is 0.333 e. The molecule has 0 saturated heterocycles. The van der Waals surface area contributed by atoms with Gasteiger partial charge in [0.05, 0.1) is 11.5 Å². The van der Waals surface area contributed by atoms with Gasteiger partial charge in [0.2, 0.25) is 0 Å². The summed E-state index contributed by atoms with van der Waals surface area (Å²) >= 11 is 0. The third-order valence-electron chi connectivity index (χ3n) is 9.17. The minimum absolute atomic E-state index is 0.268. The van der Waals surface area contributed by atoms with Crippen molar-refractivity contribution in [3.63, 3.8) is 0 Å². The molecule has 4 aromatic rings. The van der Waals surface area contributed by atoms with Crippen molar-refractivity contribution in [2.24, 2.45) is 0 Å². The first-order chi connectivity index (χ1) is 18.7.